The number of hydrogen-bond donors (Lipinski definition) is 0. The van der Waals surface area contributed by atoms with Gasteiger partial charge in [0.25, 0.3) is 0 Å². The smallest absolute Gasteiger partial charge is 0.321 e. The number of rotatable bonds is 4. The molecule has 3 rings (SSSR count). The molecule has 0 radical (unpaired) electrons. The Balaban J connectivity index is 1.72. The van der Waals surface area contributed by atoms with E-state index in [1.54, 1.807) is 12.4 Å². The van der Waals surface area contributed by atoms with E-state index in [2.05, 4.69) is 35.1 Å². The first-order valence-corrected chi connectivity index (χ1v) is 7.27. The highest BCUT2D eigenvalue weighted by molar-refractivity contribution is 5.61. The van der Waals surface area contributed by atoms with Crippen molar-refractivity contribution in [2.75, 3.05) is 0 Å². The molecule has 0 spiro atoms. The zero-order chi connectivity index (χ0) is 16.1. The first kappa shape index (κ1) is 14.7. The number of nitriles is 1. The van der Waals surface area contributed by atoms with Crippen molar-refractivity contribution in [1.82, 2.24) is 9.97 Å². The Bertz CT molecular complexity index is 816. The number of aryl methyl sites for hydroxylation is 1. The van der Waals surface area contributed by atoms with Crippen LogP contribution in [0, 0.1) is 18.3 Å². The van der Waals surface area contributed by atoms with Gasteiger partial charge in [-0.25, -0.2) is 9.97 Å². The third-order valence-electron chi connectivity index (χ3n) is 3.43. The Labute approximate surface area is 135 Å². The van der Waals surface area contributed by atoms with Crippen LogP contribution in [0.4, 0.5) is 0 Å². The molecular weight excluding hydrogens is 286 g/mol. The van der Waals surface area contributed by atoms with Crippen LogP contribution in [0.25, 0.3) is 11.1 Å². The van der Waals surface area contributed by atoms with Crippen molar-refractivity contribution >= 4 is 0 Å². The standard InChI is InChI=1S/C19H15N3O/c1-14-2-6-16(7-3-14)17-12-21-19(22-13-17)23-18-8-4-15(5-9-18)10-11-20/h2-9,12-13H,10H2,1H3. The molecule has 0 unspecified atom stereocenters. The Kier molecular flexibility index (Phi) is 4.30. The molecule has 0 aliphatic heterocycles. The molecule has 0 saturated heterocycles. The molecule has 4 heteroatoms. The molecule has 0 aliphatic carbocycles. The molecule has 0 atom stereocenters. The lowest BCUT2D eigenvalue weighted by molar-refractivity contribution is 0.442. The van der Waals surface area contributed by atoms with Gasteiger partial charge >= 0.3 is 6.01 Å². The summed E-state index contributed by atoms with van der Waals surface area (Å²) in [6.45, 7) is 2.05. The van der Waals surface area contributed by atoms with E-state index in [1.807, 2.05) is 36.4 Å². The Morgan fingerprint density at radius 3 is 2.17 bits per heavy atom. The highest BCUT2D eigenvalue weighted by atomic mass is 16.5. The maximum absolute atomic E-state index is 8.66. The van der Waals surface area contributed by atoms with E-state index < -0.39 is 0 Å². The number of hydrogen-bond acceptors (Lipinski definition) is 4. The van der Waals surface area contributed by atoms with Crippen LogP contribution >= 0.6 is 0 Å². The molecule has 2 aromatic carbocycles. The summed E-state index contributed by atoms with van der Waals surface area (Å²) >= 11 is 0. The third kappa shape index (κ3) is 3.72. The molecule has 0 N–H and O–H groups in total. The Morgan fingerprint density at radius 2 is 1.57 bits per heavy atom. The predicted molar refractivity (Wildman–Crippen MR) is 88.0 cm³/mol. The van der Waals surface area contributed by atoms with E-state index in [-0.39, 0.29) is 0 Å². The van der Waals surface area contributed by atoms with E-state index in [4.69, 9.17) is 10.00 Å². The van der Waals surface area contributed by atoms with Crippen molar-refractivity contribution in [1.29, 1.82) is 5.26 Å². The molecule has 0 saturated carbocycles. The lowest BCUT2D eigenvalue weighted by atomic mass is 10.1. The second-order valence-electron chi connectivity index (χ2n) is 5.20. The average Bonchev–Trinajstić information content (AvgIpc) is 2.58. The zero-order valence-electron chi connectivity index (χ0n) is 12.7. The predicted octanol–water partition coefficient (Wildman–Crippen LogP) is 4.31. The summed E-state index contributed by atoms with van der Waals surface area (Å²) in [5.74, 6) is 0.648. The monoisotopic (exact) mass is 301 g/mol. The third-order valence-corrected chi connectivity index (χ3v) is 3.43. The van der Waals surface area contributed by atoms with E-state index in [9.17, 15) is 0 Å². The fourth-order valence-electron chi connectivity index (χ4n) is 2.14. The Hall–Kier alpha value is -3.19. The van der Waals surface area contributed by atoms with Crippen molar-refractivity contribution in [2.24, 2.45) is 0 Å². The van der Waals surface area contributed by atoms with Gasteiger partial charge < -0.3 is 4.74 Å². The topological polar surface area (TPSA) is 58.8 Å². The molecule has 0 aliphatic rings. The molecule has 23 heavy (non-hydrogen) atoms. The van der Waals surface area contributed by atoms with E-state index in [0.29, 0.717) is 18.2 Å². The molecule has 4 nitrogen and oxygen atoms in total. The lowest BCUT2D eigenvalue weighted by Crippen LogP contribution is -1.92. The van der Waals surface area contributed by atoms with Gasteiger partial charge in [-0.05, 0) is 30.2 Å². The minimum Gasteiger partial charge on any atom is -0.424 e. The summed E-state index contributed by atoms with van der Waals surface area (Å²) in [5, 5.41) is 8.66. The van der Waals surface area contributed by atoms with Crippen LogP contribution < -0.4 is 4.74 Å². The molecule has 1 heterocycles. The maximum atomic E-state index is 8.66. The summed E-state index contributed by atoms with van der Waals surface area (Å²) in [4.78, 5) is 8.49. The van der Waals surface area contributed by atoms with Crippen LogP contribution in [-0.4, -0.2) is 9.97 Å². The molecule has 1 aromatic heterocycles. The molecule has 3 aromatic rings. The number of nitrogens with zero attached hydrogens (tertiary/aromatic N) is 3. The van der Waals surface area contributed by atoms with Gasteiger partial charge in [0.05, 0.1) is 12.5 Å². The van der Waals surface area contributed by atoms with Crippen molar-refractivity contribution in [3.63, 3.8) is 0 Å². The number of aromatic nitrogens is 2. The number of ether oxygens (including phenoxy) is 1. The second-order valence-corrected chi connectivity index (χ2v) is 5.20. The number of benzene rings is 2. The quantitative estimate of drug-likeness (QED) is 0.720. The van der Waals surface area contributed by atoms with Crippen molar-refractivity contribution in [3.8, 4) is 29.0 Å². The van der Waals surface area contributed by atoms with Gasteiger partial charge in [-0.1, -0.05) is 42.0 Å². The normalized spacial score (nSPS) is 10.1. The summed E-state index contributed by atoms with van der Waals surface area (Å²) in [6, 6.07) is 18.0. The van der Waals surface area contributed by atoms with Crippen LogP contribution in [-0.2, 0) is 6.42 Å². The summed E-state index contributed by atoms with van der Waals surface area (Å²) in [7, 11) is 0. The molecule has 112 valence electrons. The fourth-order valence-corrected chi connectivity index (χ4v) is 2.14. The molecule has 0 amide bonds. The van der Waals surface area contributed by atoms with Gasteiger partial charge in [-0.15, -0.1) is 0 Å². The molecular formula is C19H15N3O. The van der Waals surface area contributed by atoms with Crippen LogP contribution in [0.15, 0.2) is 60.9 Å². The van der Waals surface area contributed by atoms with Crippen molar-refractivity contribution < 1.29 is 4.74 Å². The van der Waals surface area contributed by atoms with E-state index >= 15 is 0 Å². The van der Waals surface area contributed by atoms with Gasteiger partial charge in [-0.2, -0.15) is 5.26 Å². The highest BCUT2D eigenvalue weighted by Crippen LogP contribution is 2.22. The maximum Gasteiger partial charge on any atom is 0.321 e. The van der Waals surface area contributed by atoms with Crippen LogP contribution in [0.5, 0.6) is 11.8 Å². The van der Waals surface area contributed by atoms with Gasteiger partial charge in [0, 0.05) is 18.0 Å². The SMILES string of the molecule is Cc1ccc(-c2cnc(Oc3ccc(CC#N)cc3)nc2)cc1. The second kappa shape index (κ2) is 6.71. The molecule has 0 fully saturated rings. The van der Waals surface area contributed by atoms with Gasteiger partial charge in [0.15, 0.2) is 0 Å². The van der Waals surface area contributed by atoms with Crippen molar-refractivity contribution in [3.05, 3.63) is 72.1 Å². The lowest BCUT2D eigenvalue weighted by Gasteiger charge is -2.05. The first-order valence-electron chi connectivity index (χ1n) is 7.27. The van der Waals surface area contributed by atoms with Gasteiger partial charge in [0.2, 0.25) is 0 Å². The van der Waals surface area contributed by atoms with Crippen LogP contribution in [0.1, 0.15) is 11.1 Å². The minimum absolute atomic E-state index is 0.300. The molecule has 0 bridgehead atoms. The minimum atomic E-state index is 0.300. The fraction of sp³-hybridized carbons (Fsp3) is 0.105. The van der Waals surface area contributed by atoms with E-state index in [1.165, 1.54) is 5.56 Å². The van der Waals surface area contributed by atoms with Crippen LogP contribution in [0.3, 0.4) is 0 Å². The van der Waals surface area contributed by atoms with Gasteiger partial charge in [-0.3, -0.25) is 0 Å². The largest absolute Gasteiger partial charge is 0.424 e. The zero-order valence-corrected chi connectivity index (χ0v) is 12.7. The summed E-state index contributed by atoms with van der Waals surface area (Å²) < 4.78 is 5.62. The van der Waals surface area contributed by atoms with Crippen molar-refractivity contribution in [2.45, 2.75) is 13.3 Å². The summed E-state index contributed by atoms with van der Waals surface area (Å²) in [6.07, 6.45) is 3.89. The van der Waals surface area contributed by atoms with Gasteiger partial charge in [0.1, 0.15) is 5.75 Å². The Morgan fingerprint density at radius 1 is 0.913 bits per heavy atom. The first-order chi connectivity index (χ1) is 11.2. The van der Waals surface area contributed by atoms with E-state index in [0.717, 1.165) is 16.7 Å². The summed E-state index contributed by atoms with van der Waals surface area (Å²) in [5.41, 5.74) is 4.19. The highest BCUT2D eigenvalue weighted by Gasteiger charge is 2.03. The van der Waals surface area contributed by atoms with Crippen LogP contribution in [0.2, 0.25) is 0 Å². The average molecular weight is 301 g/mol.